The molecule has 3 rings (SSSR count). The Morgan fingerprint density at radius 2 is 1.96 bits per heavy atom. The molecule has 7 heteroatoms. The molecule has 6 nitrogen and oxygen atoms in total. The van der Waals surface area contributed by atoms with Crippen LogP contribution in [0.4, 0.5) is 15.8 Å². The summed E-state index contributed by atoms with van der Waals surface area (Å²) in [6.45, 7) is 5.82. The van der Waals surface area contributed by atoms with Crippen molar-refractivity contribution in [3.8, 4) is 0 Å². The Morgan fingerprint density at radius 1 is 1.22 bits per heavy atom. The number of carbonyl (C=O) groups excluding carboxylic acids is 2. The van der Waals surface area contributed by atoms with E-state index in [4.69, 9.17) is 4.74 Å². The van der Waals surface area contributed by atoms with Crippen molar-refractivity contribution >= 4 is 23.2 Å². The summed E-state index contributed by atoms with van der Waals surface area (Å²) in [6, 6.07) is 4.72. The van der Waals surface area contributed by atoms with E-state index in [1.807, 2.05) is 18.7 Å². The summed E-state index contributed by atoms with van der Waals surface area (Å²) in [7, 11) is 0. The highest BCUT2D eigenvalue weighted by Crippen LogP contribution is 2.26. The van der Waals surface area contributed by atoms with Gasteiger partial charge in [0.15, 0.2) is 0 Å². The number of hydrogen-bond donors (Lipinski definition) is 1. The lowest BCUT2D eigenvalue weighted by Gasteiger charge is -2.37. The highest BCUT2D eigenvalue weighted by atomic mass is 19.1. The molecular weight excluding hydrogens is 349 g/mol. The molecule has 2 aliphatic heterocycles. The van der Waals surface area contributed by atoms with Gasteiger partial charge >= 0.3 is 0 Å². The largest absolute Gasteiger partial charge is 0.372 e. The highest BCUT2D eigenvalue weighted by molar-refractivity contribution is 5.94. The number of anilines is 2. The predicted molar refractivity (Wildman–Crippen MR) is 102 cm³/mol. The van der Waals surface area contributed by atoms with Crippen LogP contribution in [0.3, 0.4) is 0 Å². The monoisotopic (exact) mass is 377 g/mol. The second kappa shape index (κ2) is 8.69. The van der Waals surface area contributed by atoms with Gasteiger partial charge in [0, 0.05) is 31.7 Å². The number of nitrogens with one attached hydrogen (secondary N) is 1. The standard InChI is InChI=1S/C20H28FN3O3/c1-14-11-24(12-15(2)27-14)18-8-7-16(10-17(18)21)22-19(25)13-23-9-5-3-4-6-20(23)26/h7-8,10,14-15H,3-6,9,11-13H2,1-2H3,(H,22,25)/t14-,15-/m1/s1. The van der Waals surface area contributed by atoms with Gasteiger partial charge in [-0.05, 0) is 44.9 Å². The number of likely N-dealkylation sites (tertiary alicyclic amines) is 1. The second-order valence-electron chi connectivity index (χ2n) is 7.50. The van der Waals surface area contributed by atoms with E-state index < -0.39 is 0 Å². The lowest BCUT2D eigenvalue weighted by molar-refractivity contribution is -0.134. The van der Waals surface area contributed by atoms with E-state index in [9.17, 15) is 14.0 Å². The first kappa shape index (κ1) is 19.6. The van der Waals surface area contributed by atoms with Crippen LogP contribution in [-0.2, 0) is 14.3 Å². The van der Waals surface area contributed by atoms with E-state index in [1.54, 1.807) is 17.0 Å². The molecule has 0 saturated carbocycles. The minimum absolute atomic E-state index is 0.0136. The van der Waals surface area contributed by atoms with E-state index >= 15 is 0 Å². The average molecular weight is 377 g/mol. The molecule has 2 saturated heterocycles. The lowest BCUT2D eigenvalue weighted by Crippen LogP contribution is -2.45. The molecule has 1 aromatic rings. The fourth-order valence-electron chi connectivity index (χ4n) is 3.80. The van der Waals surface area contributed by atoms with Gasteiger partial charge in [-0.1, -0.05) is 6.42 Å². The average Bonchev–Trinajstić information content (AvgIpc) is 2.78. The minimum Gasteiger partial charge on any atom is -0.372 e. The summed E-state index contributed by atoms with van der Waals surface area (Å²) in [6.07, 6.45) is 3.38. The zero-order chi connectivity index (χ0) is 19.4. The SMILES string of the molecule is C[C@@H]1CN(c2ccc(NC(=O)CN3CCCCCC3=O)cc2F)C[C@@H](C)O1. The van der Waals surface area contributed by atoms with Crippen LogP contribution in [0.25, 0.3) is 0 Å². The van der Waals surface area contributed by atoms with E-state index in [0.29, 0.717) is 37.4 Å². The van der Waals surface area contributed by atoms with Crippen LogP contribution in [0.2, 0.25) is 0 Å². The molecule has 0 aromatic heterocycles. The summed E-state index contributed by atoms with van der Waals surface area (Å²) < 4.78 is 20.3. The van der Waals surface area contributed by atoms with Crippen molar-refractivity contribution in [1.82, 2.24) is 4.90 Å². The third-order valence-corrected chi connectivity index (χ3v) is 5.00. The number of amides is 2. The van der Waals surface area contributed by atoms with Gasteiger partial charge in [-0.3, -0.25) is 9.59 Å². The zero-order valence-electron chi connectivity index (χ0n) is 16.0. The van der Waals surface area contributed by atoms with Crippen molar-refractivity contribution in [2.24, 2.45) is 0 Å². The highest BCUT2D eigenvalue weighted by Gasteiger charge is 2.24. The molecule has 0 radical (unpaired) electrons. The number of hydrogen-bond acceptors (Lipinski definition) is 4. The number of nitrogens with zero attached hydrogens (tertiary/aromatic N) is 2. The van der Waals surface area contributed by atoms with Gasteiger partial charge in [0.05, 0.1) is 24.4 Å². The molecule has 1 N–H and O–H groups in total. The van der Waals surface area contributed by atoms with Crippen LogP contribution in [-0.4, -0.2) is 55.1 Å². The van der Waals surface area contributed by atoms with Crippen molar-refractivity contribution < 1.29 is 18.7 Å². The Kier molecular flexibility index (Phi) is 6.31. The van der Waals surface area contributed by atoms with Crippen molar-refractivity contribution in [2.45, 2.75) is 51.7 Å². The maximum Gasteiger partial charge on any atom is 0.243 e. The van der Waals surface area contributed by atoms with E-state index in [0.717, 1.165) is 19.3 Å². The van der Waals surface area contributed by atoms with Crippen LogP contribution >= 0.6 is 0 Å². The van der Waals surface area contributed by atoms with Crippen LogP contribution in [0.5, 0.6) is 0 Å². The zero-order valence-corrected chi connectivity index (χ0v) is 16.0. The first-order valence-corrected chi connectivity index (χ1v) is 9.70. The molecule has 0 aliphatic carbocycles. The van der Waals surface area contributed by atoms with Crippen molar-refractivity contribution in [2.75, 3.05) is 36.4 Å². The Bertz CT molecular complexity index is 687. The molecule has 0 unspecified atom stereocenters. The first-order valence-electron chi connectivity index (χ1n) is 9.70. The third-order valence-electron chi connectivity index (χ3n) is 5.00. The van der Waals surface area contributed by atoms with Crippen LogP contribution in [0.15, 0.2) is 18.2 Å². The Hall–Kier alpha value is -2.15. The summed E-state index contributed by atoms with van der Waals surface area (Å²) in [5, 5.41) is 2.70. The summed E-state index contributed by atoms with van der Waals surface area (Å²) in [4.78, 5) is 27.8. The Labute approximate surface area is 159 Å². The molecule has 1 aromatic carbocycles. The predicted octanol–water partition coefficient (Wildman–Crippen LogP) is 2.78. The van der Waals surface area contributed by atoms with Crippen LogP contribution in [0, 0.1) is 5.82 Å². The maximum atomic E-state index is 14.6. The fourth-order valence-corrected chi connectivity index (χ4v) is 3.80. The number of halogens is 1. The van der Waals surface area contributed by atoms with Crippen LogP contribution in [0.1, 0.15) is 39.5 Å². The first-order chi connectivity index (χ1) is 12.9. The minimum atomic E-state index is -0.375. The Morgan fingerprint density at radius 3 is 2.67 bits per heavy atom. The third kappa shape index (κ3) is 5.19. The van der Waals surface area contributed by atoms with Crippen molar-refractivity contribution in [3.05, 3.63) is 24.0 Å². The smallest absolute Gasteiger partial charge is 0.243 e. The molecule has 2 fully saturated rings. The van der Waals surface area contributed by atoms with Crippen molar-refractivity contribution in [1.29, 1.82) is 0 Å². The van der Waals surface area contributed by atoms with Gasteiger partial charge in [0.25, 0.3) is 0 Å². The summed E-state index contributed by atoms with van der Waals surface area (Å²) in [5.41, 5.74) is 0.913. The molecule has 2 amide bonds. The lowest BCUT2D eigenvalue weighted by atomic mass is 10.2. The number of rotatable bonds is 4. The second-order valence-corrected chi connectivity index (χ2v) is 7.50. The van der Waals surface area contributed by atoms with E-state index in [-0.39, 0.29) is 36.4 Å². The summed E-state index contributed by atoms with van der Waals surface area (Å²) in [5.74, 6) is -0.661. The normalized spacial score (nSPS) is 23.9. The van der Waals surface area contributed by atoms with Crippen molar-refractivity contribution in [3.63, 3.8) is 0 Å². The van der Waals surface area contributed by atoms with Gasteiger partial charge in [-0.25, -0.2) is 4.39 Å². The van der Waals surface area contributed by atoms with Gasteiger partial charge < -0.3 is 19.9 Å². The molecule has 0 spiro atoms. The molecule has 2 heterocycles. The van der Waals surface area contributed by atoms with Gasteiger partial charge in [-0.2, -0.15) is 0 Å². The molecule has 2 aliphatic rings. The molecule has 27 heavy (non-hydrogen) atoms. The Balaban J connectivity index is 1.61. The molecule has 0 bridgehead atoms. The van der Waals surface area contributed by atoms with Gasteiger partial charge in [0.2, 0.25) is 11.8 Å². The quantitative estimate of drug-likeness (QED) is 0.877. The van der Waals surface area contributed by atoms with E-state index in [1.165, 1.54) is 6.07 Å². The number of morpholine rings is 1. The number of benzene rings is 1. The molecule has 2 atom stereocenters. The topological polar surface area (TPSA) is 61.9 Å². The van der Waals surface area contributed by atoms with E-state index in [2.05, 4.69) is 5.32 Å². The number of carbonyl (C=O) groups is 2. The molecule has 148 valence electrons. The summed E-state index contributed by atoms with van der Waals surface area (Å²) >= 11 is 0. The van der Waals surface area contributed by atoms with Gasteiger partial charge in [-0.15, -0.1) is 0 Å². The fraction of sp³-hybridized carbons (Fsp3) is 0.600. The maximum absolute atomic E-state index is 14.6. The van der Waals surface area contributed by atoms with Crippen LogP contribution < -0.4 is 10.2 Å². The van der Waals surface area contributed by atoms with Gasteiger partial charge in [0.1, 0.15) is 5.82 Å². The number of ether oxygens (including phenoxy) is 1. The molecular formula is C20H28FN3O3.